The molecule has 0 fully saturated rings. The zero-order valence-corrected chi connectivity index (χ0v) is 19.3. The first-order valence-corrected chi connectivity index (χ1v) is 19.7. The second kappa shape index (κ2) is 7.34. The van der Waals surface area contributed by atoms with E-state index in [-0.39, 0.29) is 0 Å². The Morgan fingerprint density at radius 3 is 1.30 bits per heavy atom. The van der Waals surface area contributed by atoms with Gasteiger partial charge in [0.25, 0.3) is 0 Å². The van der Waals surface area contributed by atoms with E-state index in [0.29, 0.717) is 0 Å². The first kappa shape index (κ1) is 20.7. The van der Waals surface area contributed by atoms with E-state index in [1.165, 1.54) is 0 Å². The minimum Gasteiger partial charge on any atom is -0.437 e. The van der Waals surface area contributed by atoms with E-state index >= 15 is 0 Å². The maximum Gasteiger partial charge on any atom is 0.315 e. The molecule has 0 N–H and O–H groups in total. The molecule has 0 aliphatic carbocycles. The van der Waals surface area contributed by atoms with E-state index in [1.54, 1.807) is 0 Å². The summed E-state index contributed by atoms with van der Waals surface area (Å²) in [5.41, 5.74) is 0. The Balaban J connectivity index is 5.11. The predicted molar refractivity (Wildman–Crippen MR) is 98.8 cm³/mol. The van der Waals surface area contributed by atoms with Gasteiger partial charge >= 0.3 is 17.1 Å². The van der Waals surface area contributed by atoms with Crippen molar-refractivity contribution in [3.63, 3.8) is 0 Å². The molecule has 0 saturated carbocycles. The van der Waals surface area contributed by atoms with Crippen molar-refractivity contribution in [2.24, 2.45) is 0 Å². The first-order chi connectivity index (χ1) is 8.74. The molecule has 0 aromatic heterocycles. The van der Waals surface area contributed by atoms with Crippen molar-refractivity contribution < 1.29 is 12.3 Å². The molecule has 0 rings (SSSR count). The molecule has 0 heterocycles. The fourth-order valence-corrected chi connectivity index (χ4v) is 20.5. The third-order valence-corrected chi connectivity index (χ3v) is 17.3. The summed E-state index contributed by atoms with van der Waals surface area (Å²) in [7, 11) is -7.40. The van der Waals surface area contributed by atoms with E-state index in [4.69, 9.17) is 12.3 Å². The lowest BCUT2D eigenvalue weighted by atomic mass is 10.6. The minimum atomic E-state index is -2.12. The molecule has 122 valence electrons. The normalized spacial score (nSPS) is 19.5. The summed E-state index contributed by atoms with van der Waals surface area (Å²) >= 11 is 0. The third-order valence-electron chi connectivity index (χ3n) is 2.82. The molecule has 2 unspecified atom stereocenters. The molecule has 0 amide bonds. The first-order valence-electron chi connectivity index (χ1n) is 7.85. The van der Waals surface area contributed by atoms with Gasteiger partial charge in [-0.15, -0.1) is 0 Å². The van der Waals surface area contributed by atoms with Gasteiger partial charge in [0.1, 0.15) is 0 Å². The number of rotatable bonds is 9. The van der Waals surface area contributed by atoms with Crippen LogP contribution in [0.25, 0.3) is 0 Å². The fraction of sp³-hybridized carbons (Fsp3) is 1.00. The summed E-state index contributed by atoms with van der Waals surface area (Å²) in [5.74, 6) is 0. The van der Waals surface area contributed by atoms with Crippen molar-refractivity contribution in [2.45, 2.75) is 84.7 Å². The Hall–Kier alpha value is 0.748. The largest absolute Gasteiger partial charge is 0.437 e. The monoisotopic (exact) mass is 352 g/mol. The molecule has 2 atom stereocenters. The highest BCUT2D eigenvalue weighted by atomic mass is 28.5. The van der Waals surface area contributed by atoms with Crippen molar-refractivity contribution in [1.29, 1.82) is 0 Å². The van der Waals surface area contributed by atoms with E-state index in [2.05, 4.69) is 66.2 Å². The smallest absolute Gasteiger partial charge is 0.315 e. The molecule has 0 spiro atoms. The Morgan fingerprint density at radius 1 is 0.600 bits per heavy atom. The zero-order chi connectivity index (χ0) is 16.2. The van der Waals surface area contributed by atoms with Gasteiger partial charge in [-0.2, -0.15) is 0 Å². The number of hydrogen-bond donors (Lipinski definition) is 0. The van der Waals surface area contributed by atoms with Crippen LogP contribution in [-0.2, 0) is 12.3 Å². The van der Waals surface area contributed by atoms with Gasteiger partial charge in [-0.1, -0.05) is 20.3 Å². The van der Waals surface area contributed by atoms with Gasteiger partial charge in [-0.3, -0.25) is 0 Å². The lowest BCUT2D eigenvalue weighted by molar-refractivity contribution is 0.317. The van der Waals surface area contributed by atoms with Gasteiger partial charge in [-0.25, -0.2) is 0 Å². The quantitative estimate of drug-likeness (QED) is 0.528. The second-order valence-corrected chi connectivity index (χ2v) is 24.5. The third kappa shape index (κ3) is 8.91. The maximum atomic E-state index is 6.67. The molecule has 7 heteroatoms. The van der Waals surface area contributed by atoms with Gasteiger partial charge in [0.2, 0.25) is 0 Å². The maximum absolute atomic E-state index is 6.67. The summed E-state index contributed by atoms with van der Waals surface area (Å²) in [6.45, 7) is 22.4. The van der Waals surface area contributed by atoms with Crippen molar-refractivity contribution in [3.05, 3.63) is 0 Å². The molecule has 0 aromatic carbocycles. The average molecular weight is 353 g/mol. The van der Waals surface area contributed by atoms with Crippen LogP contribution in [0.4, 0.5) is 0 Å². The molecule has 0 radical (unpaired) electrons. The molecular weight excluding hydrogens is 316 g/mol. The molecule has 0 aromatic rings. The molecule has 0 saturated heterocycles. The van der Waals surface area contributed by atoms with Crippen molar-refractivity contribution >= 4 is 33.8 Å². The molecule has 0 bridgehead atoms. The van der Waals surface area contributed by atoms with Crippen LogP contribution < -0.4 is 0 Å². The van der Waals surface area contributed by atoms with Crippen molar-refractivity contribution in [2.75, 3.05) is 0 Å². The molecule has 3 nitrogen and oxygen atoms in total. The molecule has 0 aliphatic rings. The summed E-state index contributed by atoms with van der Waals surface area (Å²) in [6.07, 6.45) is 1.12. The summed E-state index contributed by atoms with van der Waals surface area (Å²) in [6, 6.07) is 2.06. The lowest BCUT2D eigenvalue weighted by Gasteiger charge is -2.42. The van der Waals surface area contributed by atoms with E-state index < -0.39 is 33.8 Å². The summed E-state index contributed by atoms with van der Waals surface area (Å²) < 4.78 is 19.6. The highest BCUT2D eigenvalue weighted by molar-refractivity contribution is 6.89. The number of hydrogen-bond acceptors (Lipinski definition) is 3. The van der Waals surface area contributed by atoms with E-state index in [1.807, 2.05) is 0 Å². The van der Waals surface area contributed by atoms with Gasteiger partial charge in [-0.05, 0) is 64.5 Å². The zero-order valence-electron chi connectivity index (χ0n) is 15.3. The Morgan fingerprint density at radius 2 is 1.00 bits per heavy atom. The minimum absolute atomic E-state index is 0.999. The van der Waals surface area contributed by atoms with Crippen LogP contribution in [0.1, 0.15) is 20.3 Å². The van der Waals surface area contributed by atoms with Crippen LogP contribution in [-0.4, -0.2) is 33.8 Å². The van der Waals surface area contributed by atoms with Gasteiger partial charge in [0.15, 0.2) is 16.6 Å². The van der Waals surface area contributed by atoms with Crippen LogP contribution in [0, 0.1) is 0 Å². The van der Waals surface area contributed by atoms with E-state index in [0.717, 1.165) is 18.5 Å². The SMILES string of the molecule is CCC[Si](C)(O[Si](C)(C)C)O[Si](C)(CC)O[Si](C)(C)C. The lowest BCUT2D eigenvalue weighted by Crippen LogP contribution is -2.57. The highest BCUT2D eigenvalue weighted by Gasteiger charge is 2.45. The molecule has 20 heavy (non-hydrogen) atoms. The van der Waals surface area contributed by atoms with Crippen LogP contribution >= 0.6 is 0 Å². The Kier molecular flexibility index (Phi) is 7.62. The fourth-order valence-electron chi connectivity index (χ4n) is 2.49. The standard InChI is InChI=1S/C13H36O3Si4/c1-11-13-20(10,15-18(6,7)8)16-19(9,12-2)14-17(3,4)5/h11-13H2,1-10H3. The van der Waals surface area contributed by atoms with Crippen LogP contribution in [0.2, 0.25) is 64.5 Å². The predicted octanol–water partition coefficient (Wildman–Crippen LogP) is 5.28. The van der Waals surface area contributed by atoms with Crippen LogP contribution in [0.5, 0.6) is 0 Å². The van der Waals surface area contributed by atoms with Gasteiger partial charge < -0.3 is 12.3 Å². The van der Waals surface area contributed by atoms with Crippen molar-refractivity contribution in [3.8, 4) is 0 Å². The summed E-state index contributed by atoms with van der Waals surface area (Å²) in [5, 5.41) is 0. The van der Waals surface area contributed by atoms with E-state index in [9.17, 15) is 0 Å². The second-order valence-electron chi connectivity index (χ2n) is 7.90. The molecule has 0 aliphatic heterocycles. The van der Waals surface area contributed by atoms with Crippen molar-refractivity contribution in [1.82, 2.24) is 0 Å². The van der Waals surface area contributed by atoms with Gasteiger partial charge in [0, 0.05) is 0 Å². The summed E-state index contributed by atoms with van der Waals surface area (Å²) in [4.78, 5) is 0. The topological polar surface area (TPSA) is 27.7 Å². The molecular formula is C13H36O3Si4. The highest BCUT2D eigenvalue weighted by Crippen LogP contribution is 2.29. The average Bonchev–Trinajstić information content (AvgIpc) is 2.10. The Bertz CT molecular complexity index is 301. The Labute approximate surface area is 131 Å². The van der Waals surface area contributed by atoms with Crippen LogP contribution in [0.15, 0.2) is 0 Å². The van der Waals surface area contributed by atoms with Gasteiger partial charge in [0.05, 0.1) is 0 Å². The van der Waals surface area contributed by atoms with Crippen LogP contribution in [0.3, 0.4) is 0 Å².